The van der Waals surface area contributed by atoms with Gasteiger partial charge in [-0.15, -0.1) is 0 Å². The van der Waals surface area contributed by atoms with Gasteiger partial charge in [-0.05, 0) is 18.6 Å². The van der Waals surface area contributed by atoms with Crippen molar-refractivity contribution in [3.63, 3.8) is 0 Å². The second-order valence-corrected chi connectivity index (χ2v) is 5.53. The fraction of sp³-hybridized carbons (Fsp3) is 0.538. The number of hydrogen-bond acceptors (Lipinski definition) is 5. The molecule has 18 heavy (non-hydrogen) atoms. The van der Waals surface area contributed by atoms with Gasteiger partial charge >= 0.3 is 0 Å². The summed E-state index contributed by atoms with van der Waals surface area (Å²) in [6.45, 7) is 1.88. The molecule has 1 aromatic carbocycles. The van der Waals surface area contributed by atoms with E-state index in [-0.39, 0.29) is 0 Å². The number of hydrogen-bond donors (Lipinski definition) is 3. The van der Waals surface area contributed by atoms with Gasteiger partial charge in [0.15, 0.2) is 0 Å². The topological polar surface area (TPSA) is 69.9 Å². The molecule has 0 aliphatic carbocycles. The van der Waals surface area contributed by atoms with Crippen LogP contribution < -0.4 is 0 Å². The lowest BCUT2D eigenvalue weighted by Gasteiger charge is -2.40. The molecule has 1 aromatic rings. The van der Waals surface area contributed by atoms with Crippen molar-refractivity contribution in [3.05, 3.63) is 30.3 Å². The van der Waals surface area contributed by atoms with Crippen molar-refractivity contribution in [2.24, 2.45) is 0 Å². The van der Waals surface area contributed by atoms with Gasteiger partial charge in [-0.1, -0.05) is 36.9 Å². The summed E-state index contributed by atoms with van der Waals surface area (Å²) < 4.78 is 5.64. The second kappa shape index (κ2) is 6.04. The third-order valence-electron chi connectivity index (χ3n) is 3.07. The fourth-order valence-electron chi connectivity index (χ4n) is 1.98. The highest BCUT2D eigenvalue weighted by atomic mass is 32.2. The Kier molecular flexibility index (Phi) is 4.64. The van der Waals surface area contributed by atoms with Crippen LogP contribution in [0.15, 0.2) is 35.2 Å². The van der Waals surface area contributed by atoms with Crippen LogP contribution in [-0.4, -0.2) is 45.2 Å². The molecule has 0 saturated carbocycles. The van der Waals surface area contributed by atoms with Crippen molar-refractivity contribution in [1.29, 1.82) is 0 Å². The number of aliphatic hydroxyl groups excluding tert-OH is 3. The average molecular weight is 270 g/mol. The SMILES string of the molecule is CCC1O[C@H](Sc2ccccc2)C(O)[C@@H](O)[C@@H]1O. The van der Waals surface area contributed by atoms with Gasteiger partial charge in [0.1, 0.15) is 23.7 Å². The number of rotatable bonds is 3. The van der Waals surface area contributed by atoms with E-state index in [0.29, 0.717) is 6.42 Å². The lowest BCUT2D eigenvalue weighted by molar-refractivity contribution is -0.198. The van der Waals surface area contributed by atoms with Crippen LogP contribution >= 0.6 is 11.8 Å². The molecule has 1 saturated heterocycles. The van der Waals surface area contributed by atoms with Gasteiger partial charge in [0, 0.05) is 4.90 Å². The molecule has 2 rings (SSSR count). The molecule has 4 nitrogen and oxygen atoms in total. The summed E-state index contributed by atoms with van der Waals surface area (Å²) in [5.74, 6) is 0. The summed E-state index contributed by atoms with van der Waals surface area (Å²) in [4.78, 5) is 0.958. The van der Waals surface area contributed by atoms with Gasteiger partial charge in [0.2, 0.25) is 0 Å². The van der Waals surface area contributed by atoms with E-state index in [1.165, 1.54) is 11.8 Å². The predicted octanol–water partition coefficient (Wildman–Crippen LogP) is 0.996. The van der Waals surface area contributed by atoms with Crippen LogP contribution in [0.5, 0.6) is 0 Å². The van der Waals surface area contributed by atoms with Gasteiger partial charge in [0.05, 0.1) is 6.10 Å². The number of aliphatic hydroxyl groups is 3. The van der Waals surface area contributed by atoms with Crippen molar-refractivity contribution in [3.8, 4) is 0 Å². The zero-order valence-electron chi connectivity index (χ0n) is 10.1. The monoisotopic (exact) mass is 270 g/mol. The minimum atomic E-state index is -1.16. The summed E-state index contributed by atoms with van der Waals surface area (Å²) in [6, 6.07) is 9.55. The average Bonchev–Trinajstić information content (AvgIpc) is 2.40. The Labute approximate surface area is 111 Å². The highest BCUT2D eigenvalue weighted by Crippen LogP contribution is 2.33. The number of benzene rings is 1. The summed E-state index contributed by atoms with van der Waals surface area (Å²) in [5, 5.41) is 29.5. The van der Waals surface area contributed by atoms with Crippen molar-refractivity contribution in [2.45, 2.75) is 48.1 Å². The highest BCUT2D eigenvalue weighted by molar-refractivity contribution is 7.99. The van der Waals surface area contributed by atoms with Crippen molar-refractivity contribution >= 4 is 11.8 Å². The second-order valence-electron chi connectivity index (χ2n) is 4.35. The lowest BCUT2D eigenvalue weighted by atomic mass is 9.98. The van der Waals surface area contributed by atoms with Crippen LogP contribution in [0.25, 0.3) is 0 Å². The van der Waals surface area contributed by atoms with Crippen molar-refractivity contribution in [2.75, 3.05) is 0 Å². The Morgan fingerprint density at radius 2 is 1.72 bits per heavy atom. The molecule has 3 N–H and O–H groups in total. The third-order valence-corrected chi connectivity index (χ3v) is 4.23. The fourth-order valence-corrected chi connectivity index (χ4v) is 3.07. The molecule has 0 spiro atoms. The predicted molar refractivity (Wildman–Crippen MR) is 69.3 cm³/mol. The van der Waals surface area contributed by atoms with Gasteiger partial charge in [0.25, 0.3) is 0 Å². The van der Waals surface area contributed by atoms with Gasteiger partial charge < -0.3 is 20.1 Å². The number of ether oxygens (including phenoxy) is 1. The first-order valence-corrected chi connectivity index (χ1v) is 6.92. The van der Waals surface area contributed by atoms with E-state index in [9.17, 15) is 15.3 Å². The van der Waals surface area contributed by atoms with Crippen LogP contribution in [0.3, 0.4) is 0 Å². The minimum Gasteiger partial charge on any atom is -0.388 e. The molecule has 100 valence electrons. The van der Waals surface area contributed by atoms with E-state index in [1.54, 1.807) is 0 Å². The quantitative estimate of drug-likeness (QED) is 0.764. The van der Waals surface area contributed by atoms with E-state index >= 15 is 0 Å². The maximum Gasteiger partial charge on any atom is 0.136 e. The molecule has 0 amide bonds. The van der Waals surface area contributed by atoms with Crippen LogP contribution in [0.4, 0.5) is 0 Å². The molecule has 1 fully saturated rings. The Hall–Kier alpha value is -0.590. The van der Waals surface area contributed by atoms with E-state index in [2.05, 4.69) is 0 Å². The minimum absolute atomic E-state index is 0.440. The first-order chi connectivity index (χ1) is 8.63. The van der Waals surface area contributed by atoms with Crippen LogP contribution in [0, 0.1) is 0 Å². The molecule has 0 radical (unpaired) electrons. The Morgan fingerprint density at radius 1 is 1.06 bits per heavy atom. The van der Waals surface area contributed by atoms with Crippen molar-refractivity contribution < 1.29 is 20.1 Å². The highest BCUT2D eigenvalue weighted by Gasteiger charge is 2.43. The third kappa shape index (κ3) is 2.87. The molecule has 5 heteroatoms. The Bertz CT molecular complexity index is 371. The molecule has 0 aromatic heterocycles. The summed E-state index contributed by atoms with van der Waals surface area (Å²) in [5.41, 5.74) is -0.559. The zero-order chi connectivity index (χ0) is 13.1. The molecule has 5 atom stereocenters. The van der Waals surface area contributed by atoms with Gasteiger partial charge in [-0.3, -0.25) is 0 Å². The van der Waals surface area contributed by atoms with Crippen molar-refractivity contribution in [1.82, 2.24) is 0 Å². The van der Waals surface area contributed by atoms with Crippen LogP contribution in [0.2, 0.25) is 0 Å². The normalized spacial score (nSPS) is 36.6. The largest absolute Gasteiger partial charge is 0.388 e. The summed E-state index contributed by atoms with van der Waals surface area (Å²) in [7, 11) is 0. The molecule has 1 aliphatic heterocycles. The smallest absolute Gasteiger partial charge is 0.136 e. The maximum absolute atomic E-state index is 9.93. The molecule has 1 aliphatic rings. The molecular weight excluding hydrogens is 252 g/mol. The lowest BCUT2D eigenvalue weighted by Crippen LogP contribution is -2.56. The maximum atomic E-state index is 9.93. The number of thioether (sulfide) groups is 1. The molecule has 2 unspecified atom stereocenters. The Morgan fingerprint density at radius 3 is 2.33 bits per heavy atom. The van der Waals surface area contributed by atoms with E-state index < -0.39 is 29.9 Å². The standard InChI is InChI=1S/C13H18O4S/c1-2-9-10(14)11(15)12(16)13(17-9)18-8-6-4-3-5-7-8/h3-7,9-16H,2H2,1H3/t9?,10-,11+,12?,13-/m1/s1. The van der Waals surface area contributed by atoms with Crippen LogP contribution in [0.1, 0.15) is 13.3 Å². The summed E-state index contributed by atoms with van der Waals surface area (Å²) in [6.07, 6.45) is -3.13. The summed E-state index contributed by atoms with van der Waals surface area (Å²) >= 11 is 1.35. The molecule has 0 bridgehead atoms. The van der Waals surface area contributed by atoms with Gasteiger partial charge in [-0.25, -0.2) is 0 Å². The van der Waals surface area contributed by atoms with Gasteiger partial charge in [-0.2, -0.15) is 0 Å². The first-order valence-electron chi connectivity index (χ1n) is 6.05. The first kappa shape index (κ1) is 13.8. The zero-order valence-corrected chi connectivity index (χ0v) is 11.0. The van der Waals surface area contributed by atoms with E-state index in [1.807, 2.05) is 37.3 Å². The molecular formula is C13H18O4S. The van der Waals surface area contributed by atoms with E-state index in [0.717, 1.165) is 4.90 Å². The van der Waals surface area contributed by atoms with E-state index in [4.69, 9.17) is 4.74 Å². The molecule has 1 heterocycles. The van der Waals surface area contributed by atoms with Crippen LogP contribution in [-0.2, 0) is 4.74 Å². The Balaban J connectivity index is 2.08.